The lowest BCUT2D eigenvalue weighted by atomic mass is 9.85. The van der Waals surface area contributed by atoms with Crippen molar-refractivity contribution in [3.8, 4) is 0 Å². The summed E-state index contributed by atoms with van der Waals surface area (Å²) in [6, 6.07) is 10.3. The quantitative estimate of drug-likeness (QED) is 0.268. The molecule has 6 nitrogen and oxygen atoms in total. The molecule has 0 bridgehead atoms. The number of benzene rings is 1. The van der Waals surface area contributed by atoms with E-state index in [1.54, 1.807) is 21.2 Å². The monoisotopic (exact) mass is 462 g/mol. The molecule has 1 rings (SSSR count). The zero-order valence-electron chi connectivity index (χ0n) is 15.8. The molecule has 0 saturated carbocycles. The number of likely N-dealkylation sites (N-methyl/N-ethyl adjacent to an activating group) is 1. The number of guanidine groups is 1. The number of rotatable bonds is 8. The number of hydrogen-bond acceptors (Lipinski definition) is 3. The summed E-state index contributed by atoms with van der Waals surface area (Å²) in [6.45, 7) is 6.36. The molecular formula is C18H31IN4O2. The molecule has 0 aliphatic rings. The third-order valence-electron chi connectivity index (χ3n) is 3.72. The molecule has 0 unspecified atom stereocenters. The Morgan fingerprint density at radius 3 is 2.40 bits per heavy atom. The van der Waals surface area contributed by atoms with Gasteiger partial charge >= 0.3 is 0 Å². The Kier molecular flexibility index (Phi) is 11.4. The van der Waals surface area contributed by atoms with E-state index in [-0.39, 0.29) is 41.8 Å². The largest absolute Gasteiger partial charge is 0.383 e. The Bertz CT molecular complexity index is 533. The Labute approximate surface area is 168 Å². The van der Waals surface area contributed by atoms with Crippen molar-refractivity contribution in [2.24, 2.45) is 4.99 Å². The van der Waals surface area contributed by atoms with Gasteiger partial charge in [-0.25, -0.2) is 4.99 Å². The van der Waals surface area contributed by atoms with Gasteiger partial charge in [-0.2, -0.15) is 0 Å². The van der Waals surface area contributed by atoms with Crippen molar-refractivity contribution in [3.05, 3.63) is 35.9 Å². The second kappa shape index (κ2) is 12.1. The van der Waals surface area contributed by atoms with E-state index in [0.717, 1.165) is 0 Å². The van der Waals surface area contributed by atoms with Gasteiger partial charge < -0.3 is 20.3 Å². The van der Waals surface area contributed by atoms with Crippen LogP contribution in [0.1, 0.15) is 19.4 Å². The zero-order valence-corrected chi connectivity index (χ0v) is 18.2. The molecule has 1 aromatic carbocycles. The highest BCUT2D eigenvalue weighted by Gasteiger charge is 2.20. The SMILES string of the molecule is COCCNC(=NCC(=O)N(C)C)NCC(C)(C)c1ccccc1.I. The van der Waals surface area contributed by atoms with Gasteiger partial charge in [0.2, 0.25) is 5.91 Å². The van der Waals surface area contributed by atoms with Crippen molar-refractivity contribution < 1.29 is 9.53 Å². The van der Waals surface area contributed by atoms with Crippen LogP contribution in [-0.4, -0.2) is 64.2 Å². The number of methoxy groups -OCH3 is 1. The van der Waals surface area contributed by atoms with Crippen molar-refractivity contribution >= 4 is 35.8 Å². The third-order valence-corrected chi connectivity index (χ3v) is 3.72. The second-order valence-corrected chi connectivity index (χ2v) is 6.48. The summed E-state index contributed by atoms with van der Waals surface area (Å²) in [7, 11) is 5.10. The lowest BCUT2D eigenvalue weighted by Gasteiger charge is -2.27. The van der Waals surface area contributed by atoms with E-state index in [1.807, 2.05) is 18.2 Å². The van der Waals surface area contributed by atoms with E-state index >= 15 is 0 Å². The number of carbonyl (C=O) groups is 1. The van der Waals surface area contributed by atoms with Crippen LogP contribution in [0.3, 0.4) is 0 Å². The number of nitrogens with zero attached hydrogens (tertiary/aromatic N) is 2. The van der Waals surface area contributed by atoms with Gasteiger partial charge in [0.05, 0.1) is 6.61 Å². The molecule has 25 heavy (non-hydrogen) atoms. The molecular weight excluding hydrogens is 431 g/mol. The predicted octanol–water partition coefficient (Wildman–Crippen LogP) is 1.85. The molecule has 0 aliphatic heterocycles. The fraction of sp³-hybridized carbons (Fsp3) is 0.556. The fourth-order valence-electron chi connectivity index (χ4n) is 2.03. The lowest BCUT2D eigenvalue weighted by molar-refractivity contribution is -0.127. The van der Waals surface area contributed by atoms with Gasteiger partial charge in [-0.3, -0.25) is 4.79 Å². The van der Waals surface area contributed by atoms with E-state index < -0.39 is 0 Å². The van der Waals surface area contributed by atoms with Crippen LogP contribution in [0.2, 0.25) is 0 Å². The summed E-state index contributed by atoms with van der Waals surface area (Å²) in [6.07, 6.45) is 0. The average molecular weight is 462 g/mol. The van der Waals surface area contributed by atoms with Crippen molar-refractivity contribution in [1.29, 1.82) is 0 Å². The maximum absolute atomic E-state index is 11.7. The number of aliphatic imine (C=N–C) groups is 1. The average Bonchev–Trinajstić information content (AvgIpc) is 2.57. The molecule has 142 valence electrons. The number of hydrogen-bond donors (Lipinski definition) is 2. The Morgan fingerprint density at radius 1 is 1.20 bits per heavy atom. The highest BCUT2D eigenvalue weighted by atomic mass is 127. The second-order valence-electron chi connectivity index (χ2n) is 6.48. The van der Waals surface area contributed by atoms with Gasteiger partial charge in [-0.1, -0.05) is 44.2 Å². The maximum atomic E-state index is 11.7. The van der Waals surface area contributed by atoms with Crippen LogP contribution in [-0.2, 0) is 14.9 Å². The van der Waals surface area contributed by atoms with Crippen LogP contribution in [0, 0.1) is 0 Å². The van der Waals surface area contributed by atoms with Crippen molar-refractivity contribution in [1.82, 2.24) is 15.5 Å². The summed E-state index contributed by atoms with van der Waals surface area (Å²) >= 11 is 0. The summed E-state index contributed by atoms with van der Waals surface area (Å²) in [5.41, 5.74) is 1.19. The van der Waals surface area contributed by atoms with Gasteiger partial charge in [0, 0.05) is 39.7 Å². The molecule has 0 fully saturated rings. The summed E-state index contributed by atoms with van der Waals surface area (Å²) in [4.78, 5) is 17.6. The maximum Gasteiger partial charge on any atom is 0.243 e. The van der Waals surface area contributed by atoms with Crippen molar-refractivity contribution in [2.75, 3.05) is 47.4 Å². The highest BCUT2D eigenvalue weighted by Crippen LogP contribution is 2.21. The van der Waals surface area contributed by atoms with E-state index in [4.69, 9.17) is 4.74 Å². The van der Waals surface area contributed by atoms with Crippen LogP contribution >= 0.6 is 24.0 Å². The van der Waals surface area contributed by atoms with Gasteiger partial charge in [-0.15, -0.1) is 24.0 Å². The molecule has 0 heterocycles. The van der Waals surface area contributed by atoms with Crippen LogP contribution in [0.15, 0.2) is 35.3 Å². The number of halogens is 1. The van der Waals surface area contributed by atoms with Crippen LogP contribution < -0.4 is 10.6 Å². The minimum absolute atomic E-state index is 0. The van der Waals surface area contributed by atoms with E-state index in [2.05, 4.69) is 41.6 Å². The first-order valence-electron chi connectivity index (χ1n) is 8.13. The first-order chi connectivity index (χ1) is 11.4. The van der Waals surface area contributed by atoms with Crippen LogP contribution in [0.4, 0.5) is 0 Å². The van der Waals surface area contributed by atoms with Crippen molar-refractivity contribution in [3.63, 3.8) is 0 Å². The van der Waals surface area contributed by atoms with Crippen molar-refractivity contribution in [2.45, 2.75) is 19.3 Å². The predicted molar refractivity (Wildman–Crippen MR) is 114 cm³/mol. The Hall–Kier alpha value is -1.35. The van der Waals surface area contributed by atoms with Crippen LogP contribution in [0.25, 0.3) is 0 Å². The highest BCUT2D eigenvalue weighted by molar-refractivity contribution is 14.0. The number of ether oxygens (including phenoxy) is 1. The Morgan fingerprint density at radius 2 is 1.84 bits per heavy atom. The molecule has 0 radical (unpaired) electrons. The molecule has 0 spiro atoms. The minimum Gasteiger partial charge on any atom is -0.383 e. The molecule has 0 atom stereocenters. The van der Waals surface area contributed by atoms with Gasteiger partial charge in [0.1, 0.15) is 6.54 Å². The topological polar surface area (TPSA) is 66.0 Å². The molecule has 2 N–H and O–H groups in total. The summed E-state index contributed by atoms with van der Waals surface area (Å²) in [5, 5.41) is 6.51. The van der Waals surface area contributed by atoms with Gasteiger partial charge in [-0.05, 0) is 5.56 Å². The molecule has 0 aromatic heterocycles. The smallest absolute Gasteiger partial charge is 0.243 e. The molecule has 0 saturated heterocycles. The first-order valence-corrected chi connectivity index (χ1v) is 8.13. The lowest BCUT2D eigenvalue weighted by Crippen LogP contribution is -2.45. The van der Waals surface area contributed by atoms with Crippen LogP contribution in [0.5, 0.6) is 0 Å². The fourth-order valence-corrected chi connectivity index (χ4v) is 2.03. The normalized spacial score (nSPS) is 11.5. The van der Waals surface area contributed by atoms with E-state index in [1.165, 1.54) is 10.5 Å². The number of nitrogens with one attached hydrogen (secondary N) is 2. The standard InChI is InChI=1S/C18H30N4O2.HI/c1-18(2,15-9-7-6-8-10-15)14-21-17(19-11-12-24-5)20-13-16(23)22(3)4;/h6-10H,11-14H2,1-5H3,(H2,19,20,21);1H. The summed E-state index contributed by atoms with van der Waals surface area (Å²) < 4.78 is 5.05. The molecule has 7 heteroatoms. The molecule has 1 amide bonds. The third kappa shape index (κ3) is 9.06. The molecule has 1 aromatic rings. The van der Waals surface area contributed by atoms with E-state index in [9.17, 15) is 4.79 Å². The first kappa shape index (κ1) is 23.6. The number of amides is 1. The number of carbonyl (C=O) groups excluding carboxylic acids is 1. The van der Waals surface area contributed by atoms with Gasteiger partial charge in [0.15, 0.2) is 5.96 Å². The Balaban J connectivity index is 0.00000576. The minimum atomic E-state index is -0.0590. The van der Waals surface area contributed by atoms with E-state index in [0.29, 0.717) is 25.7 Å². The zero-order chi connectivity index (χ0) is 18.0. The summed E-state index contributed by atoms with van der Waals surface area (Å²) in [5.74, 6) is 0.580. The van der Waals surface area contributed by atoms with Gasteiger partial charge in [0.25, 0.3) is 0 Å². The molecule has 0 aliphatic carbocycles.